The van der Waals surface area contributed by atoms with Gasteiger partial charge in [0, 0.05) is 23.1 Å². The van der Waals surface area contributed by atoms with Crippen molar-refractivity contribution in [2.75, 3.05) is 0 Å². The van der Waals surface area contributed by atoms with E-state index in [0.717, 1.165) is 5.56 Å². The fourth-order valence-electron chi connectivity index (χ4n) is 4.37. The Morgan fingerprint density at radius 2 is 1.76 bits per heavy atom. The quantitative estimate of drug-likeness (QED) is 0.324. The first-order chi connectivity index (χ1) is 16.3. The van der Waals surface area contributed by atoms with Gasteiger partial charge in [0.1, 0.15) is 40.2 Å². The zero-order chi connectivity index (χ0) is 24.0. The first-order valence-corrected chi connectivity index (χ1v) is 10.9. The van der Waals surface area contributed by atoms with Gasteiger partial charge in [0.05, 0.1) is 18.1 Å². The van der Waals surface area contributed by atoms with E-state index in [2.05, 4.69) is 0 Å². The highest BCUT2D eigenvalue weighted by atomic mass is 16.5. The lowest BCUT2D eigenvalue weighted by Gasteiger charge is -2.27. The summed E-state index contributed by atoms with van der Waals surface area (Å²) >= 11 is 0. The monoisotopic (exact) mass is 458 g/mol. The molecule has 1 unspecified atom stereocenters. The maximum atomic E-state index is 13.4. The lowest BCUT2D eigenvalue weighted by atomic mass is 9.84. The molecule has 5 rings (SSSR count). The number of hydrogen-bond acceptors (Lipinski definition) is 7. The van der Waals surface area contributed by atoms with Crippen LogP contribution in [0, 0.1) is 0 Å². The van der Waals surface area contributed by atoms with E-state index < -0.39 is 17.3 Å². The topological polar surface area (TPSA) is 106 Å². The summed E-state index contributed by atoms with van der Waals surface area (Å²) in [7, 11) is 0. The van der Waals surface area contributed by atoms with Crippen molar-refractivity contribution in [3.63, 3.8) is 0 Å². The molecule has 0 amide bonds. The maximum Gasteiger partial charge on any atom is 0.312 e. The SMILES string of the molecule is CC(C)Oc1ccccc1C1CC(=O)Oc2cc(O)c3c(=O)c(-c4ccc(O)cc4)coc3c21. The Labute approximate surface area is 194 Å². The summed E-state index contributed by atoms with van der Waals surface area (Å²) in [6, 6.07) is 14.8. The zero-order valence-corrected chi connectivity index (χ0v) is 18.6. The molecule has 1 aliphatic heterocycles. The molecular weight excluding hydrogens is 436 g/mol. The fourth-order valence-corrected chi connectivity index (χ4v) is 4.37. The van der Waals surface area contributed by atoms with Crippen molar-refractivity contribution < 1.29 is 28.9 Å². The Morgan fingerprint density at radius 3 is 2.50 bits per heavy atom. The first-order valence-electron chi connectivity index (χ1n) is 10.9. The summed E-state index contributed by atoms with van der Waals surface area (Å²) in [5.41, 5.74) is 1.74. The van der Waals surface area contributed by atoms with Crippen LogP contribution in [-0.4, -0.2) is 22.3 Å². The van der Waals surface area contributed by atoms with Crippen LogP contribution in [0.15, 0.2) is 70.1 Å². The number of benzene rings is 3. The van der Waals surface area contributed by atoms with Gasteiger partial charge in [-0.2, -0.15) is 0 Å². The average molecular weight is 458 g/mol. The summed E-state index contributed by atoms with van der Waals surface area (Å²) in [5.74, 6) is -0.477. The van der Waals surface area contributed by atoms with Crippen LogP contribution in [0.25, 0.3) is 22.1 Å². The highest BCUT2D eigenvalue weighted by Gasteiger charge is 2.35. The van der Waals surface area contributed by atoms with Gasteiger partial charge in [-0.05, 0) is 37.6 Å². The molecule has 0 spiro atoms. The zero-order valence-electron chi connectivity index (χ0n) is 18.6. The average Bonchev–Trinajstić information content (AvgIpc) is 2.79. The fraction of sp³-hybridized carbons (Fsp3) is 0.185. The van der Waals surface area contributed by atoms with Gasteiger partial charge in [-0.15, -0.1) is 0 Å². The number of esters is 1. The molecule has 7 nitrogen and oxygen atoms in total. The number of phenolic OH excluding ortho intramolecular Hbond substituents is 2. The van der Waals surface area contributed by atoms with E-state index in [4.69, 9.17) is 13.9 Å². The molecule has 0 bridgehead atoms. The van der Waals surface area contributed by atoms with Gasteiger partial charge in [0.15, 0.2) is 0 Å². The van der Waals surface area contributed by atoms with Crippen LogP contribution in [-0.2, 0) is 4.79 Å². The third-order valence-electron chi connectivity index (χ3n) is 5.81. The largest absolute Gasteiger partial charge is 0.508 e. The molecule has 0 fully saturated rings. The van der Waals surface area contributed by atoms with E-state index in [-0.39, 0.29) is 46.3 Å². The molecule has 34 heavy (non-hydrogen) atoms. The number of ether oxygens (including phenoxy) is 2. The minimum atomic E-state index is -0.503. The van der Waals surface area contributed by atoms with Crippen LogP contribution >= 0.6 is 0 Å². The molecule has 0 aliphatic carbocycles. The minimum absolute atomic E-state index is 0.00506. The summed E-state index contributed by atoms with van der Waals surface area (Å²) in [6.45, 7) is 3.83. The molecule has 2 heterocycles. The van der Waals surface area contributed by atoms with Crippen molar-refractivity contribution in [2.24, 2.45) is 0 Å². The Bertz CT molecular complexity index is 1470. The third kappa shape index (κ3) is 3.65. The van der Waals surface area contributed by atoms with Crippen LogP contribution in [0.2, 0.25) is 0 Å². The number of rotatable bonds is 4. The first kappa shape index (κ1) is 21.6. The Balaban J connectivity index is 1.76. The number of hydrogen-bond donors (Lipinski definition) is 2. The van der Waals surface area contributed by atoms with Crippen LogP contribution < -0.4 is 14.9 Å². The molecule has 3 aromatic carbocycles. The van der Waals surface area contributed by atoms with Gasteiger partial charge in [-0.3, -0.25) is 9.59 Å². The minimum Gasteiger partial charge on any atom is -0.508 e. The Kier molecular flexibility index (Phi) is 5.24. The van der Waals surface area contributed by atoms with Gasteiger partial charge in [-0.25, -0.2) is 0 Å². The summed E-state index contributed by atoms with van der Waals surface area (Å²) in [4.78, 5) is 25.9. The van der Waals surface area contributed by atoms with E-state index in [1.807, 2.05) is 38.1 Å². The summed E-state index contributed by atoms with van der Waals surface area (Å²) in [6.07, 6.45) is 1.26. The Hall–Kier alpha value is -4.26. The summed E-state index contributed by atoms with van der Waals surface area (Å²) < 4.78 is 17.4. The molecule has 7 heteroatoms. The molecule has 1 atom stereocenters. The molecule has 172 valence electrons. The van der Waals surface area contributed by atoms with Crippen molar-refractivity contribution in [3.05, 3.63) is 82.2 Å². The van der Waals surface area contributed by atoms with Crippen LogP contribution in [0.3, 0.4) is 0 Å². The number of para-hydroxylation sites is 1. The number of carbonyl (C=O) groups excluding carboxylic acids is 1. The van der Waals surface area contributed by atoms with Crippen molar-refractivity contribution >= 4 is 16.9 Å². The van der Waals surface area contributed by atoms with Gasteiger partial charge >= 0.3 is 5.97 Å². The van der Waals surface area contributed by atoms with Crippen molar-refractivity contribution in [1.82, 2.24) is 0 Å². The second-order valence-corrected chi connectivity index (χ2v) is 8.47. The molecule has 1 aromatic heterocycles. The lowest BCUT2D eigenvalue weighted by molar-refractivity contribution is -0.135. The predicted molar refractivity (Wildman–Crippen MR) is 126 cm³/mol. The van der Waals surface area contributed by atoms with Crippen LogP contribution in [0.1, 0.15) is 37.3 Å². The van der Waals surface area contributed by atoms with E-state index in [1.165, 1.54) is 24.5 Å². The predicted octanol–water partition coefficient (Wildman–Crippen LogP) is 5.10. The molecule has 0 saturated carbocycles. The molecular formula is C27H22O7. The standard InChI is InChI=1S/C27H22O7/c1-14(2)33-21-6-4-3-5-17(21)18-11-23(30)34-22-12-20(29)25-26(31)19(13-32-27(25)24(18)22)15-7-9-16(28)10-8-15/h3-10,12-14,18,28-29H,11H2,1-2H3. The molecule has 2 N–H and O–H groups in total. The second kappa shape index (κ2) is 8.26. The molecule has 0 saturated heterocycles. The summed E-state index contributed by atoms with van der Waals surface area (Å²) in [5, 5.41) is 20.3. The van der Waals surface area contributed by atoms with Crippen molar-refractivity contribution in [2.45, 2.75) is 32.3 Å². The second-order valence-electron chi connectivity index (χ2n) is 8.47. The van der Waals surface area contributed by atoms with Crippen LogP contribution in [0.4, 0.5) is 0 Å². The number of aromatic hydroxyl groups is 2. The van der Waals surface area contributed by atoms with E-state index in [1.54, 1.807) is 12.1 Å². The maximum absolute atomic E-state index is 13.4. The van der Waals surface area contributed by atoms with E-state index in [9.17, 15) is 19.8 Å². The van der Waals surface area contributed by atoms with Gasteiger partial charge in [-0.1, -0.05) is 30.3 Å². The molecule has 1 aliphatic rings. The van der Waals surface area contributed by atoms with E-state index >= 15 is 0 Å². The normalized spacial score (nSPS) is 15.3. The number of fused-ring (bicyclic) bond motifs is 3. The number of carbonyl (C=O) groups is 1. The van der Waals surface area contributed by atoms with E-state index in [0.29, 0.717) is 16.9 Å². The highest BCUT2D eigenvalue weighted by Crippen LogP contribution is 2.47. The van der Waals surface area contributed by atoms with Gasteiger partial charge in [0.2, 0.25) is 5.43 Å². The highest BCUT2D eigenvalue weighted by molar-refractivity contribution is 5.94. The molecule has 0 radical (unpaired) electrons. The third-order valence-corrected chi connectivity index (χ3v) is 5.81. The number of phenols is 2. The smallest absolute Gasteiger partial charge is 0.312 e. The van der Waals surface area contributed by atoms with Crippen molar-refractivity contribution in [1.29, 1.82) is 0 Å². The molecule has 4 aromatic rings. The van der Waals surface area contributed by atoms with Gasteiger partial charge < -0.3 is 24.1 Å². The van der Waals surface area contributed by atoms with Gasteiger partial charge in [0.25, 0.3) is 0 Å². The van der Waals surface area contributed by atoms with Crippen molar-refractivity contribution in [3.8, 4) is 34.1 Å². The lowest BCUT2D eigenvalue weighted by Crippen LogP contribution is -2.23. The van der Waals surface area contributed by atoms with Crippen LogP contribution in [0.5, 0.6) is 23.0 Å². The Morgan fingerprint density at radius 1 is 1.03 bits per heavy atom.